The zero-order valence-corrected chi connectivity index (χ0v) is 13.1. The van der Waals surface area contributed by atoms with Crippen LogP contribution in [0.3, 0.4) is 0 Å². The van der Waals surface area contributed by atoms with Crippen molar-refractivity contribution < 1.29 is 0 Å². The van der Waals surface area contributed by atoms with E-state index in [1.54, 1.807) is 0 Å². The molecule has 0 aliphatic heterocycles. The van der Waals surface area contributed by atoms with E-state index in [0.29, 0.717) is 11.9 Å². The van der Waals surface area contributed by atoms with Crippen LogP contribution in [0.25, 0.3) is 0 Å². The van der Waals surface area contributed by atoms with E-state index >= 15 is 0 Å². The minimum atomic E-state index is 0.382. The summed E-state index contributed by atoms with van der Waals surface area (Å²) in [5.74, 6) is 1.52. The summed E-state index contributed by atoms with van der Waals surface area (Å²) in [6, 6.07) is 15.0. The minimum absolute atomic E-state index is 0.382. The van der Waals surface area contributed by atoms with Gasteiger partial charge in [-0.05, 0) is 44.0 Å². The molecule has 106 valence electrons. The largest absolute Gasteiger partial charge is 0.350 e. The third-order valence-corrected chi connectivity index (χ3v) is 3.58. The number of hydrogen-bond acceptors (Lipinski definition) is 2. The Morgan fingerprint density at radius 1 is 1.10 bits per heavy atom. The van der Waals surface area contributed by atoms with E-state index in [2.05, 4.69) is 54.1 Å². The van der Waals surface area contributed by atoms with Gasteiger partial charge in [-0.2, -0.15) is 0 Å². The maximum atomic E-state index is 5.97. The number of halogens is 1. The zero-order valence-electron chi connectivity index (χ0n) is 12.3. The molecule has 0 unspecified atom stereocenters. The monoisotopic (exact) mass is 288 g/mol. The van der Waals surface area contributed by atoms with E-state index in [1.165, 1.54) is 5.56 Å². The first-order valence-corrected chi connectivity index (χ1v) is 7.47. The molecular formula is C17H21ClN2. The predicted molar refractivity (Wildman–Crippen MR) is 86.3 cm³/mol. The van der Waals surface area contributed by atoms with Gasteiger partial charge in [-0.15, -0.1) is 11.6 Å². The Morgan fingerprint density at radius 3 is 2.40 bits per heavy atom. The van der Waals surface area contributed by atoms with Crippen LogP contribution in [-0.2, 0) is 12.4 Å². The van der Waals surface area contributed by atoms with Crippen molar-refractivity contribution in [1.82, 2.24) is 4.98 Å². The molecule has 2 rings (SSSR count). The number of alkyl halides is 1. The van der Waals surface area contributed by atoms with Crippen LogP contribution in [0.1, 0.15) is 30.7 Å². The Kier molecular flexibility index (Phi) is 5.02. The topological polar surface area (TPSA) is 16.1 Å². The second-order valence-corrected chi connectivity index (χ2v) is 5.58. The van der Waals surface area contributed by atoms with Gasteiger partial charge in [0.15, 0.2) is 0 Å². The van der Waals surface area contributed by atoms with Crippen LogP contribution >= 0.6 is 11.6 Å². The van der Waals surface area contributed by atoms with Crippen molar-refractivity contribution in [3.8, 4) is 0 Å². The van der Waals surface area contributed by atoms with Gasteiger partial charge in [0.05, 0.1) is 0 Å². The molecule has 20 heavy (non-hydrogen) atoms. The Hall–Kier alpha value is -1.54. The molecule has 0 atom stereocenters. The number of nitrogens with zero attached hydrogens (tertiary/aromatic N) is 2. The Bertz CT molecular complexity index is 552. The van der Waals surface area contributed by atoms with Crippen molar-refractivity contribution in [2.75, 3.05) is 4.90 Å². The van der Waals surface area contributed by atoms with E-state index in [0.717, 1.165) is 23.6 Å². The second kappa shape index (κ2) is 6.76. The van der Waals surface area contributed by atoms with Gasteiger partial charge in [-0.3, -0.25) is 0 Å². The molecule has 0 spiro atoms. The number of benzene rings is 1. The molecule has 0 aliphatic rings. The first kappa shape index (κ1) is 14.9. The van der Waals surface area contributed by atoms with Crippen LogP contribution in [0.15, 0.2) is 42.5 Å². The predicted octanol–water partition coefficient (Wildman–Crippen LogP) is 4.54. The van der Waals surface area contributed by atoms with Crippen LogP contribution in [-0.4, -0.2) is 11.0 Å². The highest BCUT2D eigenvalue weighted by atomic mass is 35.5. The summed E-state index contributed by atoms with van der Waals surface area (Å²) >= 11 is 5.97. The third kappa shape index (κ3) is 3.73. The summed E-state index contributed by atoms with van der Waals surface area (Å²) in [7, 11) is 0. The molecule has 3 heteroatoms. The molecule has 1 aromatic carbocycles. The zero-order chi connectivity index (χ0) is 14.5. The number of pyridine rings is 1. The molecule has 2 nitrogen and oxygen atoms in total. The highest BCUT2D eigenvalue weighted by Crippen LogP contribution is 2.21. The summed E-state index contributed by atoms with van der Waals surface area (Å²) < 4.78 is 0. The molecule has 2 aromatic rings. The summed E-state index contributed by atoms with van der Waals surface area (Å²) in [5, 5.41) is 0. The van der Waals surface area contributed by atoms with Gasteiger partial charge in [0.1, 0.15) is 5.82 Å². The standard InChI is InChI=1S/C17H21ClN2/c1-13(2)20(12-15-7-5-4-6-8-15)17-10-16(11-18)9-14(3)19-17/h4-10,13H,11-12H2,1-3H3. The fraction of sp³-hybridized carbons (Fsp3) is 0.353. The smallest absolute Gasteiger partial charge is 0.129 e. The van der Waals surface area contributed by atoms with Crippen molar-refractivity contribution in [2.45, 2.75) is 39.2 Å². The third-order valence-electron chi connectivity index (χ3n) is 3.27. The number of aromatic nitrogens is 1. The lowest BCUT2D eigenvalue weighted by Gasteiger charge is -2.28. The van der Waals surface area contributed by atoms with E-state index in [-0.39, 0.29) is 0 Å². The molecule has 0 fully saturated rings. The van der Waals surface area contributed by atoms with Crippen LogP contribution in [0.4, 0.5) is 5.82 Å². The lowest BCUT2D eigenvalue weighted by atomic mass is 10.1. The lowest BCUT2D eigenvalue weighted by molar-refractivity contribution is 0.671. The molecule has 0 radical (unpaired) electrons. The SMILES string of the molecule is Cc1cc(CCl)cc(N(Cc2ccccc2)C(C)C)n1. The summed E-state index contributed by atoms with van der Waals surface area (Å²) in [4.78, 5) is 6.97. The Morgan fingerprint density at radius 2 is 1.80 bits per heavy atom. The molecule has 0 saturated carbocycles. The van der Waals surface area contributed by atoms with E-state index < -0.39 is 0 Å². The van der Waals surface area contributed by atoms with Gasteiger partial charge < -0.3 is 4.90 Å². The van der Waals surface area contributed by atoms with E-state index in [9.17, 15) is 0 Å². The van der Waals surface area contributed by atoms with Crippen molar-refractivity contribution in [1.29, 1.82) is 0 Å². The van der Waals surface area contributed by atoms with Gasteiger partial charge in [0.2, 0.25) is 0 Å². The van der Waals surface area contributed by atoms with Gasteiger partial charge >= 0.3 is 0 Å². The van der Waals surface area contributed by atoms with E-state index in [4.69, 9.17) is 11.6 Å². The summed E-state index contributed by atoms with van der Waals surface area (Å²) in [6.07, 6.45) is 0. The molecule has 1 heterocycles. The van der Waals surface area contributed by atoms with Gasteiger partial charge in [0, 0.05) is 24.2 Å². The maximum Gasteiger partial charge on any atom is 0.129 e. The fourth-order valence-electron chi connectivity index (χ4n) is 2.25. The van der Waals surface area contributed by atoms with Crippen LogP contribution in [0.5, 0.6) is 0 Å². The molecule has 1 aromatic heterocycles. The van der Waals surface area contributed by atoms with Crippen LogP contribution < -0.4 is 4.90 Å². The van der Waals surface area contributed by atoms with Crippen molar-refractivity contribution in [3.63, 3.8) is 0 Å². The first-order valence-electron chi connectivity index (χ1n) is 6.94. The van der Waals surface area contributed by atoms with E-state index in [1.807, 2.05) is 19.1 Å². The lowest BCUT2D eigenvalue weighted by Crippen LogP contribution is -2.31. The number of hydrogen-bond donors (Lipinski definition) is 0. The molecular weight excluding hydrogens is 268 g/mol. The van der Waals surface area contributed by atoms with Crippen molar-refractivity contribution in [3.05, 3.63) is 59.3 Å². The van der Waals surface area contributed by atoms with Crippen molar-refractivity contribution in [2.24, 2.45) is 0 Å². The Labute approximate surface area is 126 Å². The second-order valence-electron chi connectivity index (χ2n) is 5.32. The summed E-state index contributed by atoms with van der Waals surface area (Å²) in [6.45, 7) is 7.25. The molecule has 0 N–H and O–H groups in total. The first-order chi connectivity index (χ1) is 9.60. The highest BCUT2D eigenvalue weighted by molar-refractivity contribution is 6.17. The Balaban J connectivity index is 2.31. The van der Waals surface area contributed by atoms with Gasteiger partial charge in [0.25, 0.3) is 0 Å². The number of anilines is 1. The van der Waals surface area contributed by atoms with Gasteiger partial charge in [-0.1, -0.05) is 30.3 Å². The summed E-state index contributed by atoms with van der Waals surface area (Å²) in [5.41, 5.74) is 3.42. The van der Waals surface area contributed by atoms with Gasteiger partial charge in [-0.25, -0.2) is 4.98 Å². The quantitative estimate of drug-likeness (QED) is 0.751. The molecule has 0 saturated heterocycles. The number of aryl methyl sites for hydroxylation is 1. The molecule has 0 aliphatic carbocycles. The number of rotatable bonds is 5. The molecule has 0 amide bonds. The van der Waals surface area contributed by atoms with Crippen LogP contribution in [0.2, 0.25) is 0 Å². The maximum absolute atomic E-state index is 5.97. The average molecular weight is 289 g/mol. The average Bonchev–Trinajstić information content (AvgIpc) is 2.44. The minimum Gasteiger partial charge on any atom is -0.350 e. The highest BCUT2D eigenvalue weighted by Gasteiger charge is 2.13. The fourth-order valence-corrected chi connectivity index (χ4v) is 2.41. The van der Waals surface area contributed by atoms with Crippen LogP contribution in [0, 0.1) is 6.92 Å². The van der Waals surface area contributed by atoms with Crippen molar-refractivity contribution >= 4 is 17.4 Å². The molecule has 0 bridgehead atoms. The normalized spacial score (nSPS) is 10.8.